The van der Waals surface area contributed by atoms with Gasteiger partial charge in [0.2, 0.25) is 0 Å². The maximum Gasteiger partial charge on any atom is 0.269 e. The first-order valence-electron chi connectivity index (χ1n) is 6.11. The Morgan fingerprint density at radius 3 is 2.68 bits per heavy atom. The number of hydrogen-bond donors (Lipinski definition) is 0. The van der Waals surface area contributed by atoms with Gasteiger partial charge in [0, 0.05) is 5.69 Å². The van der Waals surface area contributed by atoms with Crippen molar-refractivity contribution in [2.24, 2.45) is 0 Å². The van der Waals surface area contributed by atoms with Gasteiger partial charge in [0.15, 0.2) is 0 Å². The molecule has 0 atom stereocenters. The quantitative estimate of drug-likeness (QED) is 0.778. The van der Waals surface area contributed by atoms with Crippen LogP contribution in [0.3, 0.4) is 0 Å². The van der Waals surface area contributed by atoms with E-state index in [1.165, 1.54) is 0 Å². The first kappa shape index (κ1) is 11.5. The fourth-order valence-corrected chi connectivity index (χ4v) is 2.43. The molecule has 1 aliphatic heterocycles. The number of benzene rings is 1. The largest absolute Gasteiger partial charge is 0.303 e. The Morgan fingerprint density at radius 2 is 2.00 bits per heavy atom. The molecule has 0 bridgehead atoms. The minimum atomic E-state index is -0.195. The summed E-state index contributed by atoms with van der Waals surface area (Å²) in [5, 5.41) is 9.03. The summed E-state index contributed by atoms with van der Waals surface area (Å²) in [4.78, 5) is 12.2. The van der Waals surface area contributed by atoms with Gasteiger partial charge < -0.3 is 4.57 Å². The number of pyridine rings is 1. The van der Waals surface area contributed by atoms with Gasteiger partial charge in [0.25, 0.3) is 5.56 Å². The molecule has 2 aromatic rings. The van der Waals surface area contributed by atoms with E-state index >= 15 is 0 Å². The van der Waals surface area contributed by atoms with Crippen LogP contribution in [0.2, 0.25) is 0 Å². The first-order chi connectivity index (χ1) is 9.20. The molecule has 19 heavy (non-hydrogen) atoms. The smallest absolute Gasteiger partial charge is 0.269 e. The lowest BCUT2D eigenvalue weighted by Crippen LogP contribution is -2.23. The topological polar surface area (TPSA) is 45.8 Å². The lowest BCUT2D eigenvalue weighted by Gasteiger charge is -2.06. The number of fused-ring (bicyclic) bond motifs is 1. The summed E-state index contributed by atoms with van der Waals surface area (Å²) in [6.07, 6.45) is 2.02. The molecule has 3 nitrogen and oxygen atoms in total. The summed E-state index contributed by atoms with van der Waals surface area (Å²) in [7, 11) is 0. The highest BCUT2D eigenvalue weighted by molar-refractivity contribution is 5.83. The van der Waals surface area contributed by atoms with Crippen molar-refractivity contribution in [3.05, 3.63) is 69.1 Å². The Kier molecular flexibility index (Phi) is 2.57. The highest BCUT2D eigenvalue weighted by Crippen LogP contribution is 2.26. The van der Waals surface area contributed by atoms with Gasteiger partial charge in [0.05, 0.1) is 6.54 Å². The zero-order valence-corrected chi connectivity index (χ0v) is 10.6. The molecule has 0 saturated heterocycles. The third-order valence-electron chi connectivity index (χ3n) is 3.44. The van der Waals surface area contributed by atoms with E-state index in [1.807, 2.05) is 48.5 Å². The number of rotatable bonds is 1. The number of nitrogens with zero attached hydrogens (tertiary/aromatic N) is 2. The van der Waals surface area contributed by atoms with E-state index in [9.17, 15) is 4.79 Å². The predicted molar refractivity (Wildman–Crippen MR) is 74.5 cm³/mol. The van der Waals surface area contributed by atoms with Crippen molar-refractivity contribution in [1.29, 1.82) is 5.26 Å². The normalized spacial score (nSPS) is 12.7. The van der Waals surface area contributed by atoms with E-state index in [2.05, 4.69) is 0 Å². The highest BCUT2D eigenvalue weighted by atomic mass is 16.1. The van der Waals surface area contributed by atoms with Crippen molar-refractivity contribution in [3.63, 3.8) is 0 Å². The molecule has 2 heterocycles. The fourth-order valence-electron chi connectivity index (χ4n) is 2.43. The van der Waals surface area contributed by atoms with Gasteiger partial charge in [-0.3, -0.25) is 4.79 Å². The Balaban J connectivity index is 2.12. The second kappa shape index (κ2) is 4.25. The molecule has 0 amide bonds. The van der Waals surface area contributed by atoms with E-state index in [1.54, 1.807) is 11.5 Å². The van der Waals surface area contributed by atoms with E-state index in [0.717, 1.165) is 22.4 Å². The van der Waals surface area contributed by atoms with Crippen molar-refractivity contribution in [3.8, 4) is 6.07 Å². The molecule has 0 N–H and O–H groups in total. The number of allylic oxidation sites excluding steroid dienone is 1. The van der Waals surface area contributed by atoms with Crippen LogP contribution >= 0.6 is 0 Å². The maximum atomic E-state index is 12.2. The molecule has 1 aliphatic rings. The van der Waals surface area contributed by atoms with Crippen LogP contribution in [0.15, 0.2) is 41.2 Å². The van der Waals surface area contributed by atoms with Gasteiger partial charge in [-0.2, -0.15) is 5.26 Å². The van der Waals surface area contributed by atoms with E-state index in [4.69, 9.17) is 5.26 Å². The third kappa shape index (κ3) is 1.78. The number of nitriles is 1. The summed E-state index contributed by atoms with van der Waals surface area (Å²) in [6.45, 7) is 2.34. The van der Waals surface area contributed by atoms with Crippen LogP contribution in [0.1, 0.15) is 22.4 Å². The summed E-state index contributed by atoms with van der Waals surface area (Å²) in [5.74, 6) is 0. The minimum absolute atomic E-state index is 0.195. The molecular formula is C16H12N2O. The first-order valence-corrected chi connectivity index (χ1v) is 6.11. The van der Waals surface area contributed by atoms with Gasteiger partial charge in [0.1, 0.15) is 11.6 Å². The van der Waals surface area contributed by atoms with Crippen LogP contribution in [0.25, 0.3) is 11.6 Å². The average molecular weight is 248 g/mol. The molecule has 0 unspecified atom stereocenters. The molecule has 0 aliphatic carbocycles. The van der Waals surface area contributed by atoms with Crippen LogP contribution in [0.5, 0.6) is 0 Å². The summed E-state index contributed by atoms with van der Waals surface area (Å²) >= 11 is 0. The van der Waals surface area contributed by atoms with Gasteiger partial charge in [-0.05, 0) is 35.8 Å². The Bertz CT molecular complexity index is 777. The van der Waals surface area contributed by atoms with Crippen LogP contribution in [-0.2, 0) is 6.54 Å². The minimum Gasteiger partial charge on any atom is -0.303 e. The average Bonchev–Trinajstić information content (AvgIpc) is 2.84. The number of aromatic nitrogens is 1. The molecule has 0 saturated carbocycles. The number of hydrogen-bond acceptors (Lipinski definition) is 2. The molecule has 0 radical (unpaired) electrons. The molecule has 3 heteroatoms. The van der Waals surface area contributed by atoms with Gasteiger partial charge in [-0.15, -0.1) is 0 Å². The van der Waals surface area contributed by atoms with Crippen LogP contribution in [-0.4, -0.2) is 4.57 Å². The molecule has 92 valence electrons. The molecule has 1 aromatic heterocycles. The lowest BCUT2D eigenvalue weighted by atomic mass is 10.1. The van der Waals surface area contributed by atoms with Crippen LogP contribution in [0.4, 0.5) is 0 Å². The van der Waals surface area contributed by atoms with Crippen molar-refractivity contribution >= 4 is 11.6 Å². The Labute approximate surface area is 111 Å². The number of aryl methyl sites for hydroxylation is 1. The fraction of sp³-hybridized carbons (Fsp3) is 0.125. The summed E-state index contributed by atoms with van der Waals surface area (Å²) < 4.78 is 1.66. The van der Waals surface area contributed by atoms with Gasteiger partial charge in [-0.25, -0.2) is 0 Å². The second-order valence-corrected chi connectivity index (χ2v) is 4.67. The van der Waals surface area contributed by atoms with Crippen molar-refractivity contribution in [1.82, 2.24) is 4.57 Å². The monoisotopic (exact) mass is 248 g/mol. The van der Waals surface area contributed by atoms with Crippen molar-refractivity contribution in [2.75, 3.05) is 0 Å². The SMILES string of the molecule is Cc1cc2n(c(=O)c1C#N)CC(c1ccccc1)=C2. The molecular weight excluding hydrogens is 236 g/mol. The molecule has 0 spiro atoms. The molecule has 1 aromatic carbocycles. The Morgan fingerprint density at radius 1 is 1.26 bits per heavy atom. The zero-order chi connectivity index (χ0) is 13.4. The highest BCUT2D eigenvalue weighted by Gasteiger charge is 2.18. The third-order valence-corrected chi connectivity index (χ3v) is 3.44. The summed E-state index contributed by atoms with van der Waals surface area (Å²) in [5.41, 5.74) is 3.88. The summed E-state index contributed by atoms with van der Waals surface area (Å²) in [6, 6.07) is 13.9. The van der Waals surface area contributed by atoms with E-state index in [-0.39, 0.29) is 11.1 Å². The van der Waals surface area contributed by atoms with Gasteiger partial charge in [-0.1, -0.05) is 30.3 Å². The second-order valence-electron chi connectivity index (χ2n) is 4.67. The zero-order valence-electron chi connectivity index (χ0n) is 10.6. The van der Waals surface area contributed by atoms with E-state index in [0.29, 0.717) is 6.54 Å². The Hall–Kier alpha value is -2.60. The standard InChI is InChI=1S/C16H12N2O/c1-11-7-14-8-13(12-5-3-2-4-6-12)10-18(14)16(19)15(11)9-17/h2-8H,10H2,1H3. The lowest BCUT2D eigenvalue weighted by molar-refractivity contribution is 0.796. The van der Waals surface area contributed by atoms with Gasteiger partial charge >= 0.3 is 0 Å². The van der Waals surface area contributed by atoms with Crippen molar-refractivity contribution < 1.29 is 0 Å². The van der Waals surface area contributed by atoms with Crippen molar-refractivity contribution in [2.45, 2.75) is 13.5 Å². The van der Waals surface area contributed by atoms with E-state index < -0.39 is 0 Å². The van der Waals surface area contributed by atoms with Crippen LogP contribution < -0.4 is 5.56 Å². The molecule has 0 fully saturated rings. The maximum absolute atomic E-state index is 12.2. The predicted octanol–water partition coefficient (Wildman–Crippen LogP) is 2.58. The molecule has 3 rings (SSSR count). The van der Waals surface area contributed by atoms with Crippen LogP contribution in [0, 0.1) is 18.3 Å².